The van der Waals surface area contributed by atoms with Crippen LogP contribution in [0.5, 0.6) is 0 Å². The van der Waals surface area contributed by atoms with Gasteiger partial charge in [-0.3, -0.25) is 0 Å². The van der Waals surface area contributed by atoms with Crippen LogP contribution in [-0.4, -0.2) is 36.1 Å². The minimum atomic E-state index is 0.675. The lowest BCUT2D eigenvalue weighted by Gasteiger charge is -2.36. The van der Waals surface area contributed by atoms with Gasteiger partial charge < -0.3 is 9.80 Å². The van der Waals surface area contributed by atoms with Gasteiger partial charge in [-0.1, -0.05) is 17.7 Å². The van der Waals surface area contributed by atoms with Crippen LogP contribution < -0.4 is 9.80 Å². The van der Waals surface area contributed by atoms with Crippen LogP contribution in [0, 0.1) is 0 Å². The van der Waals surface area contributed by atoms with Crippen LogP contribution in [-0.2, 0) is 0 Å². The van der Waals surface area contributed by atoms with E-state index in [2.05, 4.69) is 31.9 Å². The molecule has 114 valence electrons. The SMILES string of the molecule is Clc1cccc(N2CCN(c3cc(C4CC4)ncn3)CC2)c1. The average molecular weight is 315 g/mol. The zero-order valence-corrected chi connectivity index (χ0v) is 13.2. The normalized spacial score (nSPS) is 18.6. The van der Waals surface area contributed by atoms with Gasteiger partial charge in [0.25, 0.3) is 0 Å². The highest BCUT2D eigenvalue weighted by Crippen LogP contribution is 2.39. The van der Waals surface area contributed by atoms with Crippen molar-refractivity contribution in [3.8, 4) is 0 Å². The van der Waals surface area contributed by atoms with E-state index in [1.165, 1.54) is 24.2 Å². The number of piperazine rings is 1. The third kappa shape index (κ3) is 2.88. The number of anilines is 2. The summed E-state index contributed by atoms with van der Waals surface area (Å²) in [7, 11) is 0. The Balaban J connectivity index is 1.44. The van der Waals surface area contributed by atoms with Gasteiger partial charge in [0.1, 0.15) is 12.1 Å². The highest BCUT2D eigenvalue weighted by Gasteiger charge is 2.26. The highest BCUT2D eigenvalue weighted by atomic mass is 35.5. The van der Waals surface area contributed by atoms with Crippen LogP contribution in [0.4, 0.5) is 11.5 Å². The summed E-state index contributed by atoms with van der Waals surface area (Å²) in [5.74, 6) is 1.75. The summed E-state index contributed by atoms with van der Waals surface area (Å²) in [6.07, 6.45) is 4.27. The van der Waals surface area contributed by atoms with Crippen molar-refractivity contribution in [3.05, 3.63) is 47.4 Å². The summed E-state index contributed by atoms with van der Waals surface area (Å²) in [5, 5.41) is 0.796. The first-order valence-electron chi connectivity index (χ1n) is 7.87. The third-order valence-electron chi connectivity index (χ3n) is 4.45. The van der Waals surface area contributed by atoms with E-state index in [0.717, 1.165) is 37.0 Å². The largest absolute Gasteiger partial charge is 0.368 e. The second kappa shape index (κ2) is 5.76. The second-order valence-electron chi connectivity index (χ2n) is 6.03. The molecule has 1 aliphatic carbocycles. The van der Waals surface area contributed by atoms with Gasteiger partial charge in [-0.05, 0) is 31.0 Å². The first-order chi connectivity index (χ1) is 10.8. The van der Waals surface area contributed by atoms with Gasteiger partial charge in [0, 0.05) is 54.6 Å². The molecular weight excluding hydrogens is 296 g/mol. The van der Waals surface area contributed by atoms with E-state index in [-0.39, 0.29) is 0 Å². The monoisotopic (exact) mass is 314 g/mol. The molecular formula is C17H19ClN4. The Hall–Kier alpha value is -1.81. The van der Waals surface area contributed by atoms with Crippen molar-refractivity contribution < 1.29 is 0 Å². The molecule has 4 rings (SSSR count). The zero-order valence-electron chi connectivity index (χ0n) is 12.5. The smallest absolute Gasteiger partial charge is 0.132 e. The summed E-state index contributed by atoms with van der Waals surface area (Å²) in [6.45, 7) is 3.94. The molecule has 0 amide bonds. The lowest BCUT2D eigenvalue weighted by atomic mass is 10.2. The van der Waals surface area contributed by atoms with Crippen molar-refractivity contribution in [2.75, 3.05) is 36.0 Å². The Morgan fingerprint density at radius 1 is 0.955 bits per heavy atom. The summed E-state index contributed by atoms with van der Waals surface area (Å²) in [4.78, 5) is 13.6. The third-order valence-corrected chi connectivity index (χ3v) is 4.68. The van der Waals surface area contributed by atoms with E-state index in [1.54, 1.807) is 6.33 Å². The summed E-state index contributed by atoms with van der Waals surface area (Å²) in [6, 6.07) is 10.3. The first-order valence-corrected chi connectivity index (χ1v) is 8.25. The molecule has 22 heavy (non-hydrogen) atoms. The molecule has 2 aromatic rings. The van der Waals surface area contributed by atoms with Crippen LogP contribution in [0.15, 0.2) is 36.7 Å². The molecule has 1 saturated heterocycles. The molecule has 0 N–H and O–H groups in total. The number of hydrogen-bond acceptors (Lipinski definition) is 4. The number of nitrogens with zero attached hydrogens (tertiary/aromatic N) is 4. The maximum absolute atomic E-state index is 6.09. The van der Waals surface area contributed by atoms with Gasteiger partial charge in [-0.25, -0.2) is 9.97 Å². The number of benzene rings is 1. The van der Waals surface area contributed by atoms with Crippen LogP contribution in [0.2, 0.25) is 5.02 Å². The summed E-state index contributed by atoms with van der Waals surface area (Å²) >= 11 is 6.09. The predicted octanol–water partition coefficient (Wildman–Crippen LogP) is 3.33. The molecule has 1 aromatic heterocycles. The molecule has 1 saturated carbocycles. The van der Waals surface area contributed by atoms with Gasteiger partial charge in [-0.2, -0.15) is 0 Å². The Bertz CT molecular complexity index is 663. The van der Waals surface area contributed by atoms with Crippen molar-refractivity contribution in [2.45, 2.75) is 18.8 Å². The first kappa shape index (κ1) is 13.8. The fourth-order valence-electron chi connectivity index (χ4n) is 3.00. The Morgan fingerprint density at radius 3 is 2.45 bits per heavy atom. The maximum Gasteiger partial charge on any atom is 0.132 e. The van der Waals surface area contributed by atoms with Crippen LogP contribution >= 0.6 is 11.6 Å². The van der Waals surface area contributed by atoms with Crippen molar-refractivity contribution in [3.63, 3.8) is 0 Å². The van der Waals surface area contributed by atoms with E-state index in [1.807, 2.05) is 18.2 Å². The van der Waals surface area contributed by atoms with Crippen LogP contribution in [0.25, 0.3) is 0 Å². The van der Waals surface area contributed by atoms with E-state index >= 15 is 0 Å². The van der Waals surface area contributed by atoms with Crippen LogP contribution in [0.3, 0.4) is 0 Å². The lowest BCUT2D eigenvalue weighted by Crippen LogP contribution is -2.46. The second-order valence-corrected chi connectivity index (χ2v) is 6.47. The van der Waals surface area contributed by atoms with E-state index in [0.29, 0.717) is 5.92 Å². The number of aromatic nitrogens is 2. The average Bonchev–Trinajstić information content (AvgIpc) is 3.40. The minimum Gasteiger partial charge on any atom is -0.368 e. The van der Waals surface area contributed by atoms with Crippen molar-refractivity contribution in [1.29, 1.82) is 0 Å². The zero-order chi connectivity index (χ0) is 14.9. The van der Waals surface area contributed by atoms with Gasteiger partial charge in [0.15, 0.2) is 0 Å². The molecule has 4 nitrogen and oxygen atoms in total. The van der Waals surface area contributed by atoms with Gasteiger partial charge in [-0.15, -0.1) is 0 Å². The molecule has 1 aromatic carbocycles. The number of rotatable bonds is 3. The van der Waals surface area contributed by atoms with Crippen molar-refractivity contribution in [1.82, 2.24) is 9.97 Å². The van der Waals surface area contributed by atoms with Crippen molar-refractivity contribution >= 4 is 23.1 Å². The number of halogens is 1. The van der Waals surface area contributed by atoms with Crippen molar-refractivity contribution in [2.24, 2.45) is 0 Å². The Kier molecular flexibility index (Phi) is 3.62. The molecule has 0 bridgehead atoms. The fourth-order valence-corrected chi connectivity index (χ4v) is 3.19. The van der Waals surface area contributed by atoms with Gasteiger partial charge in [0.2, 0.25) is 0 Å². The molecule has 1 aliphatic heterocycles. The van der Waals surface area contributed by atoms with E-state index in [4.69, 9.17) is 11.6 Å². The number of hydrogen-bond donors (Lipinski definition) is 0. The Labute approximate surface area is 135 Å². The fraction of sp³-hybridized carbons (Fsp3) is 0.412. The molecule has 0 radical (unpaired) electrons. The maximum atomic E-state index is 6.09. The van der Waals surface area contributed by atoms with Gasteiger partial charge in [0.05, 0.1) is 0 Å². The molecule has 0 unspecified atom stereocenters. The molecule has 2 aliphatic rings. The van der Waals surface area contributed by atoms with E-state index < -0.39 is 0 Å². The predicted molar refractivity (Wildman–Crippen MR) is 89.9 cm³/mol. The minimum absolute atomic E-state index is 0.675. The summed E-state index contributed by atoms with van der Waals surface area (Å²) < 4.78 is 0. The quantitative estimate of drug-likeness (QED) is 0.870. The molecule has 2 heterocycles. The lowest BCUT2D eigenvalue weighted by molar-refractivity contribution is 0.646. The van der Waals surface area contributed by atoms with E-state index in [9.17, 15) is 0 Å². The molecule has 0 spiro atoms. The molecule has 5 heteroatoms. The van der Waals surface area contributed by atoms with Crippen LogP contribution in [0.1, 0.15) is 24.5 Å². The molecule has 0 atom stereocenters. The van der Waals surface area contributed by atoms with Gasteiger partial charge >= 0.3 is 0 Å². The highest BCUT2D eigenvalue weighted by molar-refractivity contribution is 6.30. The summed E-state index contributed by atoms with van der Waals surface area (Å²) in [5.41, 5.74) is 2.41. The molecule has 2 fully saturated rings. The Morgan fingerprint density at radius 2 is 1.73 bits per heavy atom. The topological polar surface area (TPSA) is 32.3 Å². The standard InChI is InChI=1S/C17H19ClN4/c18-14-2-1-3-15(10-14)21-6-8-22(9-7-21)17-11-16(13-4-5-13)19-12-20-17/h1-3,10-13H,4-9H2.